The Morgan fingerprint density at radius 3 is 2.79 bits per heavy atom. The summed E-state index contributed by atoms with van der Waals surface area (Å²) in [6.45, 7) is 4.30. The molecule has 1 saturated heterocycles. The summed E-state index contributed by atoms with van der Waals surface area (Å²) in [6.07, 6.45) is 1.86. The van der Waals surface area contributed by atoms with Gasteiger partial charge >= 0.3 is 0 Å². The van der Waals surface area contributed by atoms with Crippen LogP contribution in [-0.2, 0) is 0 Å². The van der Waals surface area contributed by atoms with Crippen molar-refractivity contribution in [2.75, 3.05) is 24.6 Å². The molecule has 102 valence electrons. The van der Waals surface area contributed by atoms with E-state index in [1.165, 1.54) is 0 Å². The molecule has 0 saturated carbocycles. The highest BCUT2D eigenvalue weighted by Crippen LogP contribution is 2.19. The third kappa shape index (κ3) is 3.69. The fourth-order valence-corrected chi connectivity index (χ4v) is 2.56. The fraction of sp³-hybridized carbons (Fsp3) is 0.533. The summed E-state index contributed by atoms with van der Waals surface area (Å²) in [4.78, 5) is 2.33. The summed E-state index contributed by atoms with van der Waals surface area (Å²) >= 11 is 0. The summed E-state index contributed by atoms with van der Waals surface area (Å²) in [5.41, 5.74) is 1.84. The van der Waals surface area contributed by atoms with Crippen LogP contribution in [0.1, 0.15) is 25.3 Å². The molecule has 0 aliphatic carbocycles. The van der Waals surface area contributed by atoms with Crippen LogP contribution < -0.4 is 10.2 Å². The third-order valence-electron chi connectivity index (χ3n) is 3.63. The Kier molecular flexibility index (Phi) is 4.78. The lowest BCUT2D eigenvalue weighted by molar-refractivity contribution is 0.263. The number of hydrogen-bond donors (Lipinski definition) is 2. The van der Waals surface area contributed by atoms with E-state index in [0.717, 1.165) is 31.6 Å². The summed E-state index contributed by atoms with van der Waals surface area (Å²) < 4.78 is 0. The minimum absolute atomic E-state index is 0.214. The van der Waals surface area contributed by atoms with Crippen LogP contribution in [0.25, 0.3) is 0 Å². The highest BCUT2D eigenvalue weighted by molar-refractivity contribution is 5.50. The van der Waals surface area contributed by atoms with E-state index in [2.05, 4.69) is 23.2 Å². The lowest BCUT2D eigenvalue weighted by Gasteiger charge is -2.26. The lowest BCUT2D eigenvalue weighted by atomic mass is 10.1. The molecule has 1 aliphatic heterocycles. The molecule has 0 spiro atoms. The molecule has 1 aromatic rings. The van der Waals surface area contributed by atoms with Gasteiger partial charge in [-0.15, -0.1) is 0 Å². The summed E-state index contributed by atoms with van der Waals surface area (Å²) in [5, 5.41) is 21.5. The number of nitrogens with zero attached hydrogens (tertiary/aromatic N) is 2. The zero-order valence-electron chi connectivity index (χ0n) is 11.3. The van der Waals surface area contributed by atoms with Crippen LogP contribution in [0.2, 0.25) is 0 Å². The van der Waals surface area contributed by atoms with Crippen LogP contribution in [0.4, 0.5) is 5.69 Å². The number of aliphatic hydroxyl groups excluding tert-OH is 1. The second kappa shape index (κ2) is 6.55. The SMILES string of the molecule is CC1CCN(c2ccc(C#N)cc2)CC(CCO)N1. The molecule has 2 rings (SSSR count). The molecule has 0 bridgehead atoms. The molecule has 1 heterocycles. The van der Waals surface area contributed by atoms with Crippen molar-refractivity contribution in [3.63, 3.8) is 0 Å². The number of hydrogen-bond acceptors (Lipinski definition) is 4. The van der Waals surface area contributed by atoms with Crippen molar-refractivity contribution in [1.29, 1.82) is 5.26 Å². The first-order chi connectivity index (χ1) is 9.22. The van der Waals surface area contributed by atoms with E-state index in [9.17, 15) is 0 Å². The van der Waals surface area contributed by atoms with Gasteiger partial charge in [-0.25, -0.2) is 0 Å². The van der Waals surface area contributed by atoms with Crippen LogP contribution in [0.15, 0.2) is 24.3 Å². The van der Waals surface area contributed by atoms with Crippen LogP contribution in [-0.4, -0.2) is 36.9 Å². The van der Waals surface area contributed by atoms with Crippen molar-refractivity contribution >= 4 is 5.69 Å². The first-order valence-corrected chi connectivity index (χ1v) is 6.85. The van der Waals surface area contributed by atoms with Gasteiger partial charge in [0.05, 0.1) is 11.6 Å². The number of aliphatic hydroxyl groups is 1. The quantitative estimate of drug-likeness (QED) is 0.863. The molecular formula is C15H21N3O. The maximum absolute atomic E-state index is 9.13. The van der Waals surface area contributed by atoms with Gasteiger partial charge in [-0.05, 0) is 44.0 Å². The zero-order chi connectivity index (χ0) is 13.7. The first kappa shape index (κ1) is 13.9. The average molecular weight is 259 g/mol. The second-order valence-corrected chi connectivity index (χ2v) is 5.17. The maximum Gasteiger partial charge on any atom is 0.0991 e. The van der Waals surface area contributed by atoms with Gasteiger partial charge in [0.2, 0.25) is 0 Å². The number of benzene rings is 1. The molecule has 1 fully saturated rings. The highest BCUT2D eigenvalue weighted by Gasteiger charge is 2.21. The summed E-state index contributed by atoms with van der Waals surface area (Å²) in [7, 11) is 0. The summed E-state index contributed by atoms with van der Waals surface area (Å²) in [6, 6.07) is 10.7. The van der Waals surface area contributed by atoms with Crippen LogP contribution >= 0.6 is 0 Å². The molecule has 1 aromatic carbocycles. The standard InChI is InChI=1S/C15H21N3O/c1-12-6-8-18(11-14(17-12)7-9-19)15-4-2-13(10-16)3-5-15/h2-5,12,14,17,19H,6-9,11H2,1H3. The Hall–Kier alpha value is -1.57. The largest absolute Gasteiger partial charge is 0.396 e. The van der Waals surface area contributed by atoms with Crippen LogP contribution in [0.3, 0.4) is 0 Å². The Bertz CT molecular complexity index is 438. The van der Waals surface area contributed by atoms with E-state index >= 15 is 0 Å². The van der Waals surface area contributed by atoms with E-state index in [-0.39, 0.29) is 6.61 Å². The molecule has 2 N–H and O–H groups in total. The van der Waals surface area contributed by atoms with Gasteiger partial charge in [0.15, 0.2) is 0 Å². The topological polar surface area (TPSA) is 59.3 Å². The molecular weight excluding hydrogens is 238 g/mol. The highest BCUT2D eigenvalue weighted by atomic mass is 16.3. The third-order valence-corrected chi connectivity index (χ3v) is 3.63. The number of rotatable bonds is 3. The number of nitriles is 1. The molecule has 0 amide bonds. The Morgan fingerprint density at radius 1 is 1.42 bits per heavy atom. The maximum atomic E-state index is 9.13. The van der Waals surface area contributed by atoms with Crippen molar-refractivity contribution in [2.24, 2.45) is 0 Å². The normalized spacial score (nSPS) is 23.7. The predicted octanol–water partition coefficient (Wildman–Crippen LogP) is 1.50. The lowest BCUT2D eigenvalue weighted by Crippen LogP contribution is -2.40. The van der Waals surface area contributed by atoms with Crippen molar-refractivity contribution in [3.8, 4) is 6.07 Å². The van der Waals surface area contributed by atoms with E-state index in [4.69, 9.17) is 10.4 Å². The van der Waals surface area contributed by atoms with Gasteiger partial charge in [0, 0.05) is 37.5 Å². The summed E-state index contributed by atoms with van der Waals surface area (Å²) in [5.74, 6) is 0. The van der Waals surface area contributed by atoms with E-state index in [0.29, 0.717) is 17.6 Å². The van der Waals surface area contributed by atoms with Gasteiger partial charge < -0.3 is 15.3 Å². The molecule has 4 nitrogen and oxygen atoms in total. The van der Waals surface area contributed by atoms with Gasteiger partial charge in [-0.3, -0.25) is 0 Å². The fourth-order valence-electron chi connectivity index (χ4n) is 2.56. The van der Waals surface area contributed by atoms with Crippen LogP contribution in [0.5, 0.6) is 0 Å². The Morgan fingerprint density at radius 2 is 2.16 bits per heavy atom. The predicted molar refractivity (Wildman–Crippen MR) is 76.1 cm³/mol. The number of anilines is 1. The molecule has 19 heavy (non-hydrogen) atoms. The van der Waals surface area contributed by atoms with Crippen molar-refractivity contribution in [2.45, 2.75) is 31.8 Å². The molecule has 4 heteroatoms. The molecule has 0 aromatic heterocycles. The van der Waals surface area contributed by atoms with Gasteiger partial charge in [0.1, 0.15) is 0 Å². The molecule has 1 aliphatic rings. The van der Waals surface area contributed by atoms with Gasteiger partial charge in [-0.2, -0.15) is 5.26 Å². The monoisotopic (exact) mass is 259 g/mol. The zero-order valence-corrected chi connectivity index (χ0v) is 11.3. The van der Waals surface area contributed by atoms with E-state index in [1.54, 1.807) is 0 Å². The smallest absolute Gasteiger partial charge is 0.0991 e. The number of nitrogens with one attached hydrogen (secondary N) is 1. The van der Waals surface area contributed by atoms with E-state index < -0.39 is 0 Å². The minimum Gasteiger partial charge on any atom is -0.396 e. The minimum atomic E-state index is 0.214. The van der Waals surface area contributed by atoms with Gasteiger partial charge in [0.25, 0.3) is 0 Å². The van der Waals surface area contributed by atoms with Crippen molar-refractivity contribution < 1.29 is 5.11 Å². The second-order valence-electron chi connectivity index (χ2n) is 5.17. The van der Waals surface area contributed by atoms with E-state index in [1.807, 2.05) is 24.3 Å². The average Bonchev–Trinajstić information content (AvgIpc) is 2.61. The molecule has 2 atom stereocenters. The first-order valence-electron chi connectivity index (χ1n) is 6.85. The van der Waals surface area contributed by atoms with Crippen molar-refractivity contribution in [1.82, 2.24) is 5.32 Å². The van der Waals surface area contributed by atoms with Gasteiger partial charge in [-0.1, -0.05) is 0 Å². The molecule has 0 radical (unpaired) electrons. The Balaban J connectivity index is 2.10. The van der Waals surface area contributed by atoms with Crippen molar-refractivity contribution in [3.05, 3.63) is 29.8 Å². The van der Waals surface area contributed by atoms with Crippen LogP contribution in [0, 0.1) is 11.3 Å². The Labute approximate surface area is 114 Å². The molecule has 2 unspecified atom stereocenters.